The van der Waals surface area contributed by atoms with Gasteiger partial charge in [0.2, 0.25) is 0 Å². The van der Waals surface area contributed by atoms with Gasteiger partial charge in [0.05, 0.1) is 11.6 Å². The van der Waals surface area contributed by atoms with Gasteiger partial charge in [-0.15, -0.1) is 11.3 Å². The van der Waals surface area contributed by atoms with Crippen LogP contribution >= 0.6 is 11.3 Å². The van der Waals surface area contributed by atoms with Gasteiger partial charge in [0, 0.05) is 24.5 Å². The minimum Gasteiger partial charge on any atom is -0.481 e. The van der Waals surface area contributed by atoms with Gasteiger partial charge in [-0.3, -0.25) is 4.79 Å². The monoisotopic (exact) mass is 325 g/mol. The van der Waals surface area contributed by atoms with Gasteiger partial charge in [-0.2, -0.15) is 0 Å². The first-order valence-corrected chi connectivity index (χ1v) is 8.93. The number of likely N-dealkylation sites (tertiary alicyclic amines) is 1. The molecule has 124 valence electrons. The molecule has 0 saturated carbocycles. The minimum atomic E-state index is -0.743. The molecule has 2 rings (SSSR count). The van der Waals surface area contributed by atoms with E-state index in [4.69, 9.17) is 0 Å². The molecule has 1 unspecified atom stereocenters. The maximum absolute atomic E-state index is 11.2. The van der Waals surface area contributed by atoms with Crippen molar-refractivity contribution in [1.82, 2.24) is 9.88 Å². The molecule has 22 heavy (non-hydrogen) atoms. The quantitative estimate of drug-likeness (QED) is 0.835. The number of aryl methyl sites for hydroxylation is 2. The summed E-state index contributed by atoms with van der Waals surface area (Å²) in [7, 11) is 0. The van der Waals surface area contributed by atoms with Gasteiger partial charge in [0.15, 0.2) is 5.13 Å². The van der Waals surface area contributed by atoms with Gasteiger partial charge in [0.1, 0.15) is 0 Å². The van der Waals surface area contributed by atoms with Gasteiger partial charge in [-0.05, 0) is 39.8 Å². The van der Waals surface area contributed by atoms with Crippen molar-refractivity contribution in [3.05, 3.63) is 10.6 Å². The van der Waals surface area contributed by atoms with Crippen LogP contribution in [0.25, 0.3) is 0 Å². The van der Waals surface area contributed by atoms with Crippen LogP contribution in [0.3, 0.4) is 0 Å². The van der Waals surface area contributed by atoms with E-state index in [9.17, 15) is 9.90 Å². The predicted molar refractivity (Wildman–Crippen MR) is 90.9 cm³/mol. The summed E-state index contributed by atoms with van der Waals surface area (Å²) < 4.78 is 0. The molecule has 1 fully saturated rings. The first-order valence-electron chi connectivity index (χ1n) is 8.11. The Morgan fingerprint density at radius 2 is 2.05 bits per heavy atom. The van der Waals surface area contributed by atoms with Gasteiger partial charge >= 0.3 is 5.97 Å². The Bertz CT molecular complexity index is 478. The van der Waals surface area contributed by atoms with Crippen LogP contribution in [0.4, 0.5) is 5.13 Å². The second kappa shape index (κ2) is 7.92. The Hall–Kier alpha value is -1.14. The molecule has 2 heterocycles. The summed E-state index contributed by atoms with van der Waals surface area (Å²) in [5, 5.41) is 10.2. The summed E-state index contributed by atoms with van der Waals surface area (Å²) in [4.78, 5) is 21.7. The van der Waals surface area contributed by atoms with Crippen LogP contribution in [0.15, 0.2) is 0 Å². The third-order valence-corrected chi connectivity index (χ3v) is 5.47. The number of hydrogen-bond donors (Lipinski definition) is 1. The van der Waals surface area contributed by atoms with Gasteiger partial charge in [0.25, 0.3) is 0 Å². The van der Waals surface area contributed by atoms with Crippen molar-refractivity contribution >= 4 is 22.4 Å². The first kappa shape index (κ1) is 17.2. The van der Waals surface area contributed by atoms with Crippen molar-refractivity contribution in [3.8, 4) is 0 Å². The van der Waals surface area contributed by atoms with E-state index in [1.54, 1.807) is 18.3 Å². The molecular weight excluding hydrogens is 298 g/mol. The number of hydrogen-bond acceptors (Lipinski definition) is 5. The second-order valence-corrected chi connectivity index (χ2v) is 7.41. The number of carboxylic acid groups (broad SMARTS) is 1. The predicted octanol–water partition coefficient (Wildman–Crippen LogP) is 2.77. The van der Waals surface area contributed by atoms with Crippen LogP contribution in [0.2, 0.25) is 0 Å². The van der Waals surface area contributed by atoms with Crippen molar-refractivity contribution in [2.24, 2.45) is 5.92 Å². The standard InChI is InChI=1S/C16H27N3O2S/c1-12(15(20)21)11-19(16-17-13(2)14(3)22-16)10-9-18-7-5-4-6-8-18/h12H,4-11H2,1-3H3,(H,20,21). The SMILES string of the molecule is Cc1nc(N(CCN2CCCCC2)CC(C)C(=O)O)sc1C. The Kier molecular flexibility index (Phi) is 6.20. The highest BCUT2D eigenvalue weighted by molar-refractivity contribution is 7.15. The fourth-order valence-electron chi connectivity index (χ4n) is 2.71. The van der Waals surface area contributed by atoms with E-state index in [1.807, 2.05) is 6.92 Å². The molecule has 6 heteroatoms. The molecule has 0 amide bonds. The van der Waals surface area contributed by atoms with E-state index >= 15 is 0 Å². The second-order valence-electron chi connectivity index (χ2n) is 6.23. The molecular formula is C16H27N3O2S. The minimum absolute atomic E-state index is 0.383. The summed E-state index contributed by atoms with van der Waals surface area (Å²) >= 11 is 1.67. The van der Waals surface area contributed by atoms with Crippen molar-refractivity contribution < 1.29 is 9.90 Å². The van der Waals surface area contributed by atoms with Gasteiger partial charge in [-0.25, -0.2) is 4.98 Å². The Labute approximate surface area is 137 Å². The van der Waals surface area contributed by atoms with Crippen molar-refractivity contribution in [3.63, 3.8) is 0 Å². The van der Waals surface area contributed by atoms with Crippen LogP contribution in [-0.4, -0.2) is 53.7 Å². The number of rotatable bonds is 7. The van der Waals surface area contributed by atoms with E-state index < -0.39 is 5.97 Å². The highest BCUT2D eigenvalue weighted by Gasteiger charge is 2.20. The molecule has 5 nitrogen and oxygen atoms in total. The highest BCUT2D eigenvalue weighted by Crippen LogP contribution is 2.26. The smallest absolute Gasteiger partial charge is 0.308 e. The largest absolute Gasteiger partial charge is 0.481 e. The van der Waals surface area contributed by atoms with Crippen molar-refractivity contribution in [2.75, 3.05) is 37.6 Å². The number of aromatic nitrogens is 1. The van der Waals surface area contributed by atoms with E-state index in [1.165, 1.54) is 24.1 Å². The lowest BCUT2D eigenvalue weighted by molar-refractivity contribution is -0.140. The average molecular weight is 325 g/mol. The molecule has 1 aliphatic rings. The number of anilines is 1. The summed E-state index contributed by atoms with van der Waals surface area (Å²) in [5.74, 6) is -1.13. The fraction of sp³-hybridized carbons (Fsp3) is 0.750. The molecule has 1 atom stereocenters. The van der Waals surface area contributed by atoms with Gasteiger partial charge in [-0.1, -0.05) is 13.3 Å². The Morgan fingerprint density at radius 3 is 2.59 bits per heavy atom. The summed E-state index contributed by atoms with van der Waals surface area (Å²) in [5.41, 5.74) is 1.05. The van der Waals surface area contributed by atoms with E-state index in [0.717, 1.165) is 37.0 Å². The van der Waals surface area contributed by atoms with Crippen LogP contribution < -0.4 is 4.90 Å². The maximum atomic E-state index is 11.2. The molecule has 1 aromatic heterocycles. The Balaban J connectivity index is 2.01. The summed E-state index contributed by atoms with van der Waals surface area (Å²) in [6.45, 7) is 10.5. The molecule has 0 spiro atoms. The van der Waals surface area contributed by atoms with E-state index in [0.29, 0.717) is 6.54 Å². The molecule has 1 N–H and O–H groups in total. The Morgan fingerprint density at radius 1 is 1.36 bits per heavy atom. The molecule has 1 saturated heterocycles. The molecule has 0 aromatic carbocycles. The first-order chi connectivity index (χ1) is 10.5. The lowest BCUT2D eigenvalue weighted by Gasteiger charge is -2.30. The van der Waals surface area contributed by atoms with E-state index in [-0.39, 0.29) is 5.92 Å². The zero-order chi connectivity index (χ0) is 16.1. The number of nitrogens with zero attached hydrogens (tertiary/aromatic N) is 3. The molecule has 1 aliphatic heterocycles. The average Bonchev–Trinajstić information content (AvgIpc) is 2.83. The van der Waals surface area contributed by atoms with Crippen LogP contribution in [0.5, 0.6) is 0 Å². The zero-order valence-corrected chi connectivity index (χ0v) is 14.7. The number of carbonyl (C=O) groups is 1. The van der Waals surface area contributed by atoms with E-state index in [2.05, 4.69) is 21.7 Å². The number of thiazole rings is 1. The zero-order valence-electron chi connectivity index (χ0n) is 13.8. The van der Waals surface area contributed by atoms with Gasteiger partial charge < -0.3 is 14.9 Å². The number of carboxylic acids is 1. The molecule has 0 radical (unpaired) electrons. The normalized spacial score (nSPS) is 17.4. The van der Waals surface area contributed by atoms with Crippen molar-refractivity contribution in [2.45, 2.75) is 40.0 Å². The lowest BCUT2D eigenvalue weighted by Crippen LogP contribution is -2.40. The van der Waals surface area contributed by atoms with Crippen LogP contribution in [0, 0.1) is 19.8 Å². The lowest BCUT2D eigenvalue weighted by atomic mass is 10.1. The van der Waals surface area contributed by atoms with Crippen LogP contribution in [-0.2, 0) is 4.79 Å². The number of piperidine rings is 1. The highest BCUT2D eigenvalue weighted by atomic mass is 32.1. The van der Waals surface area contributed by atoms with Crippen molar-refractivity contribution in [1.29, 1.82) is 0 Å². The molecule has 1 aromatic rings. The summed E-state index contributed by atoms with van der Waals surface area (Å²) in [6, 6.07) is 0. The molecule has 0 aliphatic carbocycles. The third kappa shape index (κ3) is 4.68. The number of aliphatic carboxylic acids is 1. The topological polar surface area (TPSA) is 56.7 Å². The maximum Gasteiger partial charge on any atom is 0.308 e. The fourth-order valence-corrected chi connectivity index (χ4v) is 3.65. The molecule has 0 bridgehead atoms. The van der Waals surface area contributed by atoms with Crippen LogP contribution in [0.1, 0.15) is 36.8 Å². The summed E-state index contributed by atoms with van der Waals surface area (Å²) in [6.07, 6.45) is 3.89. The third-order valence-electron chi connectivity index (χ3n) is 4.34.